The second-order valence-electron chi connectivity index (χ2n) is 10.9. The van der Waals surface area contributed by atoms with Crippen LogP contribution < -0.4 is 9.47 Å². The van der Waals surface area contributed by atoms with Crippen LogP contribution in [-0.4, -0.2) is 28.2 Å². The second kappa shape index (κ2) is 16.9. The minimum Gasteiger partial charge on any atom is -0.488 e. The van der Waals surface area contributed by atoms with E-state index in [1.54, 1.807) is 31.2 Å². The summed E-state index contributed by atoms with van der Waals surface area (Å²) in [6, 6.07) is 8.81. The minimum atomic E-state index is -2.06. The van der Waals surface area contributed by atoms with Gasteiger partial charge in [0.2, 0.25) is 5.67 Å². The number of carbonyl (C=O) groups excluding carboxylic acids is 1. The molecule has 3 aromatic rings. The molecule has 2 aromatic carbocycles. The van der Waals surface area contributed by atoms with Crippen molar-refractivity contribution in [2.45, 2.75) is 103 Å². The lowest BCUT2D eigenvalue weighted by atomic mass is 10.1. The van der Waals surface area contributed by atoms with E-state index in [0.29, 0.717) is 5.56 Å². The molecule has 3 rings (SSSR count). The average Bonchev–Trinajstić information content (AvgIpc) is 2.99. The fraction of sp³-hybridized carbons (Fsp3) is 0.500. The Kier molecular flexibility index (Phi) is 13.3. The smallest absolute Gasteiger partial charge is 0.348 e. The van der Waals surface area contributed by atoms with Gasteiger partial charge in [-0.2, -0.15) is 0 Å². The Labute approximate surface area is 247 Å². The number of hydrogen-bond donors (Lipinski definition) is 0. The highest BCUT2D eigenvalue weighted by Crippen LogP contribution is 2.29. The predicted octanol–water partition coefficient (Wildman–Crippen LogP) is 9.82. The van der Waals surface area contributed by atoms with E-state index in [-0.39, 0.29) is 35.9 Å². The van der Waals surface area contributed by atoms with Gasteiger partial charge in [0.05, 0.1) is 6.61 Å². The molecule has 0 N–H and O–H groups in total. The lowest BCUT2D eigenvalue weighted by Crippen LogP contribution is -2.33. The summed E-state index contributed by atoms with van der Waals surface area (Å²) in [6.45, 7) is 5.24. The fourth-order valence-corrected chi connectivity index (χ4v) is 4.47. The first-order chi connectivity index (χ1) is 20.2. The maximum Gasteiger partial charge on any atom is 0.348 e. The quantitative estimate of drug-likeness (QED) is 0.0846. The van der Waals surface area contributed by atoms with Gasteiger partial charge in [-0.3, -0.25) is 0 Å². The van der Waals surface area contributed by atoms with Gasteiger partial charge in [0, 0.05) is 23.5 Å². The number of nitrogens with zero attached hydrogens (tertiary/aromatic N) is 2. The van der Waals surface area contributed by atoms with Crippen molar-refractivity contribution in [3.63, 3.8) is 0 Å². The zero-order chi connectivity index (χ0) is 30.4. The first kappa shape index (κ1) is 33.1. The van der Waals surface area contributed by atoms with Crippen molar-refractivity contribution in [1.29, 1.82) is 0 Å². The van der Waals surface area contributed by atoms with Gasteiger partial charge < -0.3 is 9.47 Å². The largest absolute Gasteiger partial charge is 0.488 e. The van der Waals surface area contributed by atoms with Crippen LogP contribution in [-0.2, 0) is 4.79 Å². The van der Waals surface area contributed by atoms with Gasteiger partial charge in [0.1, 0.15) is 5.75 Å². The molecule has 0 saturated carbocycles. The number of rotatable bonds is 18. The number of esters is 1. The van der Waals surface area contributed by atoms with Crippen LogP contribution in [0.15, 0.2) is 48.8 Å². The molecule has 0 amide bonds. The molecule has 0 spiro atoms. The second-order valence-corrected chi connectivity index (χ2v) is 10.9. The number of halogens is 3. The maximum absolute atomic E-state index is 14.7. The Hall–Kier alpha value is -3.42. The van der Waals surface area contributed by atoms with E-state index in [4.69, 9.17) is 9.47 Å². The van der Waals surface area contributed by atoms with E-state index < -0.39 is 23.3 Å². The Morgan fingerprint density at radius 3 is 1.81 bits per heavy atom. The number of unbranched alkanes of at least 4 members (excludes halogenated alkanes) is 10. The topological polar surface area (TPSA) is 61.3 Å². The Morgan fingerprint density at radius 2 is 1.29 bits per heavy atom. The lowest BCUT2D eigenvalue weighted by molar-refractivity contribution is -0.146. The van der Waals surface area contributed by atoms with Gasteiger partial charge in [-0.05, 0) is 49.6 Å². The molecule has 0 radical (unpaired) electrons. The number of carbonyl (C=O) groups is 1. The molecule has 1 atom stereocenters. The SMILES string of the molecule is CCCCCCCCCCCCCOc1c(F)cc(-c2ncc(-c3ccc(OC(=O)[C@@](C)(F)CC)cc3)cn2)cc1F. The van der Waals surface area contributed by atoms with Gasteiger partial charge >= 0.3 is 5.97 Å². The van der Waals surface area contributed by atoms with Crippen LogP contribution in [0.25, 0.3) is 22.5 Å². The molecule has 5 nitrogen and oxygen atoms in total. The molecule has 0 bridgehead atoms. The van der Waals surface area contributed by atoms with Crippen LogP contribution in [0.5, 0.6) is 11.5 Å². The molecule has 42 heavy (non-hydrogen) atoms. The summed E-state index contributed by atoms with van der Waals surface area (Å²) in [5.74, 6) is -2.53. The van der Waals surface area contributed by atoms with Crippen molar-refractivity contribution in [3.8, 4) is 34.0 Å². The van der Waals surface area contributed by atoms with Crippen LogP contribution in [0, 0.1) is 11.6 Å². The maximum atomic E-state index is 14.7. The summed E-state index contributed by atoms with van der Waals surface area (Å²) >= 11 is 0. The number of aromatic nitrogens is 2. The third-order valence-corrected chi connectivity index (χ3v) is 7.39. The molecular weight excluding hydrogens is 541 g/mol. The van der Waals surface area contributed by atoms with E-state index in [2.05, 4.69) is 16.9 Å². The van der Waals surface area contributed by atoms with Crippen molar-refractivity contribution >= 4 is 5.97 Å². The van der Waals surface area contributed by atoms with Crippen molar-refractivity contribution in [1.82, 2.24) is 9.97 Å². The third kappa shape index (κ3) is 10.1. The first-order valence-corrected chi connectivity index (χ1v) is 15.2. The number of benzene rings is 2. The average molecular weight is 585 g/mol. The van der Waals surface area contributed by atoms with Crippen LogP contribution in [0.2, 0.25) is 0 Å². The molecular formula is C34H43F3N2O3. The van der Waals surface area contributed by atoms with E-state index in [1.807, 2.05) is 0 Å². The zero-order valence-electron chi connectivity index (χ0n) is 25.1. The van der Waals surface area contributed by atoms with Crippen LogP contribution >= 0.6 is 0 Å². The highest BCUT2D eigenvalue weighted by molar-refractivity contribution is 5.81. The van der Waals surface area contributed by atoms with Crippen molar-refractivity contribution < 1.29 is 27.4 Å². The summed E-state index contributed by atoms with van der Waals surface area (Å²) in [5, 5.41) is 0. The Morgan fingerprint density at radius 1 is 0.762 bits per heavy atom. The van der Waals surface area contributed by atoms with E-state index in [0.717, 1.165) is 24.8 Å². The molecule has 0 aliphatic heterocycles. The normalized spacial score (nSPS) is 12.6. The first-order valence-electron chi connectivity index (χ1n) is 15.2. The number of hydrogen-bond acceptors (Lipinski definition) is 5. The Balaban J connectivity index is 1.47. The molecule has 8 heteroatoms. The van der Waals surface area contributed by atoms with Crippen LogP contribution in [0.4, 0.5) is 13.2 Å². The van der Waals surface area contributed by atoms with Crippen LogP contribution in [0.1, 0.15) is 97.8 Å². The molecule has 0 aliphatic rings. The molecule has 1 aromatic heterocycles. The molecule has 1 heterocycles. The van der Waals surface area contributed by atoms with E-state index in [1.165, 1.54) is 82.8 Å². The van der Waals surface area contributed by atoms with E-state index in [9.17, 15) is 18.0 Å². The summed E-state index contributed by atoms with van der Waals surface area (Å²) in [4.78, 5) is 20.5. The molecule has 228 valence electrons. The highest BCUT2D eigenvalue weighted by atomic mass is 19.1. The molecule has 0 saturated heterocycles. The lowest BCUT2D eigenvalue weighted by Gasteiger charge is -2.16. The zero-order valence-corrected chi connectivity index (χ0v) is 25.1. The van der Waals surface area contributed by atoms with Gasteiger partial charge in [0.25, 0.3) is 0 Å². The minimum absolute atomic E-state index is 0.0105. The van der Waals surface area contributed by atoms with Gasteiger partial charge in [-0.25, -0.2) is 27.9 Å². The molecule has 0 unspecified atom stereocenters. The monoisotopic (exact) mass is 584 g/mol. The summed E-state index contributed by atoms with van der Waals surface area (Å²) < 4.78 is 54.1. The standard InChI is InChI=1S/C34H43F3N2O3/c1-4-6-7-8-9-10-11-12-13-14-15-20-41-31-29(35)21-26(22-30(31)36)32-38-23-27(24-39-32)25-16-18-28(19-17-25)42-33(40)34(3,37)5-2/h16-19,21-24H,4-15,20H2,1-3H3/t34-/m0/s1. The number of ether oxygens (including phenoxy) is 2. The van der Waals surface area contributed by atoms with Crippen molar-refractivity contribution in [2.75, 3.05) is 6.61 Å². The third-order valence-electron chi connectivity index (χ3n) is 7.39. The van der Waals surface area contributed by atoms with Crippen molar-refractivity contribution in [3.05, 3.63) is 60.4 Å². The van der Waals surface area contributed by atoms with E-state index >= 15 is 0 Å². The highest BCUT2D eigenvalue weighted by Gasteiger charge is 2.33. The summed E-state index contributed by atoms with van der Waals surface area (Å²) in [6.07, 6.45) is 16.2. The van der Waals surface area contributed by atoms with Gasteiger partial charge in [-0.1, -0.05) is 90.2 Å². The fourth-order valence-electron chi connectivity index (χ4n) is 4.47. The molecule has 0 fully saturated rings. The summed E-state index contributed by atoms with van der Waals surface area (Å²) in [7, 11) is 0. The summed E-state index contributed by atoms with van der Waals surface area (Å²) in [5.41, 5.74) is -0.485. The number of alkyl halides is 1. The van der Waals surface area contributed by atoms with Gasteiger partial charge in [0.15, 0.2) is 23.2 Å². The Bertz CT molecular complexity index is 1220. The van der Waals surface area contributed by atoms with Crippen molar-refractivity contribution in [2.24, 2.45) is 0 Å². The predicted molar refractivity (Wildman–Crippen MR) is 160 cm³/mol. The van der Waals surface area contributed by atoms with Gasteiger partial charge in [-0.15, -0.1) is 0 Å². The van der Waals surface area contributed by atoms with Crippen LogP contribution in [0.3, 0.4) is 0 Å². The molecule has 0 aliphatic carbocycles.